The van der Waals surface area contributed by atoms with Gasteiger partial charge in [0.2, 0.25) is 0 Å². The van der Waals surface area contributed by atoms with Crippen molar-refractivity contribution in [2.75, 3.05) is 11.9 Å². The molecule has 1 aliphatic heterocycles. The van der Waals surface area contributed by atoms with E-state index in [1.807, 2.05) is 41.9 Å². The van der Waals surface area contributed by atoms with E-state index in [2.05, 4.69) is 5.32 Å². The zero-order valence-electron chi connectivity index (χ0n) is 14.3. The lowest BCUT2D eigenvalue weighted by atomic mass is 10.0. The van der Waals surface area contributed by atoms with E-state index in [1.165, 1.54) is 5.56 Å². The van der Waals surface area contributed by atoms with Gasteiger partial charge < -0.3 is 5.32 Å². The molecule has 0 radical (unpaired) electrons. The van der Waals surface area contributed by atoms with E-state index in [-0.39, 0.29) is 0 Å². The number of rotatable bonds is 2. The zero-order valence-corrected chi connectivity index (χ0v) is 16.6. The average molecular weight is 407 g/mol. The molecule has 0 aliphatic carbocycles. The molecule has 4 rings (SSSR count). The van der Waals surface area contributed by atoms with Crippen LogP contribution in [0.4, 0.5) is 5.82 Å². The minimum Gasteiger partial charge on any atom is -0.370 e. The Labute approximate surface area is 167 Å². The Hall–Kier alpha value is -1.68. The maximum atomic E-state index is 6.50. The van der Waals surface area contributed by atoms with E-state index < -0.39 is 0 Å². The molecule has 2 aromatic carbocycles. The monoisotopic (exact) mass is 405 g/mol. The molecule has 1 aliphatic rings. The van der Waals surface area contributed by atoms with Gasteiger partial charge in [0.15, 0.2) is 0 Å². The first-order valence-corrected chi connectivity index (χ1v) is 9.77. The van der Waals surface area contributed by atoms with E-state index in [4.69, 9.17) is 39.9 Å². The summed E-state index contributed by atoms with van der Waals surface area (Å²) in [6, 6.07) is 11.5. The molecule has 0 amide bonds. The summed E-state index contributed by atoms with van der Waals surface area (Å²) in [5, 5.41) is 10.3. The lowest BCUT2D eigenvalue weighted by molar-refractivity contribution is 0.779. The third-order valence-corrected chi connectivity index (χ3v) is 6.03. The minimum absolute atomic E-state index is 0.535. The molecule has 0 unspecified atom stereocenters. The Balaban J connectivity index is 1.98. The number of hydrogen-bond acceptors (Lipinski definition) is 2. The van der Waals surface area contributed by atoms with Crippen LogP contribution < -0.4 is 5.32 Å². The smallest absolute Gasteiger partial charge is 0.133 e. The fraction of sp³-hybridized carbons (Fsp3) is 0.250. The lowest BCUT2D eigenvalue weighted by Gasteiger charge is -2.12. The Morgan fingerprint density at radius 3 is 2.62 bits per heavy atom. The second-order valence-electron chi connectivity index (χ2n) is 6.46. The first-order valence-electron chi connectivity index (χ1n) is 8.63. The summed E-state index contributed by atoms with van der Waals surface area (Å²) in [5.41, 5.74) is 4.87. The zero-order chi connectivity index (χ0) is 18.3. The van der Waals surface area contributed by atoms with Crippen molar-refractivity contribution in [2.24, 2.45) is 0 Å². The van der Waals surface area contributed by atoms with E-state index in [9.17, 15) is 0 Å². The van der Waals surface area contributed by atoms with Crippen LogP contribution in [0.2, 0.25) is 15.1 Å². The van der Waals surface area contributed by atoms with Crippen LogP contribution in [0.15, 0.2) is 36.4 Å². The van der Waals surface area contributed by atoms with Gasteiger partial charge >= 0.3 is 0 Å². The van der Waals surface area contributed by atoms with Gasteiger partial charge in [-0.15, -0.1) is 0 Å². The largest absolute Gasteiger partial charge is 0.370 e. The summed E-state index contributed by atoms with van der Waals surface area (Å²) < 4.78 is 1.95. The number of nitrogens with one attached hydrogen (secondary N) is 1. The molecule has 134 valence electrons. The van der Waals surface area contributed by atoms with Crippen molar-refractivity contribution in [1.29, 1.82) is 0 Å². The van der Waals surface area contributed by atoms with Gasteiger partial charge in [0.25, 0.3) is 0 Å². The third-order valence-electron chi connectivity index (χ3n) is 4.80. The second kappa shape index (κ2) is 7.15. The van der Waals surface area contributed by atoms with Gasteiger partial charge in [-0.1, -0.05) is 53.0 Å². The van der Waals surface area contributed by atoms with Crippen molar-refractivity contribution in [3.63, 3.8) is 0 Å². The summed E-state index contributed by atoms with van der Waals surface area (Å²) in [6.45, 7) is 2.93. The van der Waals surface area contributed by atoms with Crippen LogP contribution in [-0.4, -0.2) is 16.3 Å². The van der Waals surface area contributed by atoms with Crippen LogP contribution in [0.3, 0.4) is 0 Å². The van der Waals surface area contributed by atoms with Gasteiger partial charge in [-0.25, -0.2) is 4.68 Å². The predicted molar refractivity (Wildman–Crippen MR) is 110 cm³/mol. The molecule has 0 atom stereocenters. The highest BCUT2D eigenvalue weighted by Crippen LogP contribution is 2.39. The van der Waals surface area contributed by atoms with E-state index in [0.717, 1.165) is 59.2 Å². The highest BCUT2D eigenvalue weighted by molar-refractivity contribution is 6.43. The van der Waals surface area contributed by atoms with Crippen molar-refractivity contribution in [2.45, 2.75) is 26.2 Å². The van der Waals surface area contributed by atoms with Gasteiger partial charge in [-0.2, -0.15) is 5.10 Å². The van der Waals surface area contributed by atoms with Crippen molar-refractivity contribution < 1.29 is 0 Å². The Morgan fingerprint density at radius 1 is 1.00 bits per heavy atom. The topological polar surface area (TPSA) is 29.9 Å². The van der Waals surface area contributed by atoms with Crippen molar-refractivity contribution in [1.82, 2.24) is 9.78 Å². The molecule has 0 fully saturated rings. The Bertz CT molecular complexity index is 903. The Kier molecular flexibility index (Phi) is 4.87. The summed E-state index contributed by atoms with van der Waals surface area (Å²) in [6.07, 6.45) is 3.16. The van der Waals surface area contributed by atoms with Crippen LogP contribution in [0, 0.1) is 6.92 Å². The van der Waals surface area contributed by atoms with Gasteiger partial charge in [-0.05, 0) is 49.9 Å². The molecule has 6 heteroatoms. The van der Waals surface area contributed by atoms with E-state index in [0.29, 0.717) is 10.0 Å². The normalized spacial score (nSPS) is 13.8. The van der Waals surface area contributed by atoms with Crippen LogP contribution in [0.5, 0.6) is 0 Å². The molecular formula is C20H18Cl3N3. The fourth-order valence-electron chi connectivity index (χ4n) is 3.41. The molecule has 26 heavy (non-hydrogen) atoms. The van der Waals surface area contributed by atoms with Crippen molar-refractivity contribution in [3.05, 3.63) is 62.6 Å². The molecule has 0 spiro atoms. The minimum atomic E-state index is 0.535. The summed E-state index contributed by atoms with van der Waals surface area (Å²) in [5.74, 6) is 1.01. The quantitative estimate of drug-likeness (QED) is 0.522. The van der Waals surface area contributed by atoms with Crippen LogP contribution >= 0.6 is 34.8 Å². The third kappa shape index (κ3) is 2.98. The average Bonchev–Trinajstić information content (AvgIpc) is 2.81. The summed E-state index contributed by atoms with van der Waals surface area (Å²) in [4.78, 5) is 0. The molecular weight excluding hydrogens is 389 g/mol. The molecule has 0 saturated carbocycles. The van der Waals surface area contributed by atoms with Gasteiger partial charge in [0.05, 0.1) is 21.4 Å². The van der Waals surface area contributed by atoms with E-state index >= 15 is 0 Å². The molecule has 0 bridgehead atoms. The second-order valence-corrected chi connectivity index (χ2v) is 7.65. The number of anilines is 1. The molecule has 1 N–H and O–H groups in total. The maximum absolute atomic E-state index is 6.50. The van der Waals surface area contributed by atoms with Crippen molar-refractivity contribution >= 4 is 40.6 Å². The molecule has 3 aromatic rings. The highest BCUT2D eigenvalue weighted by Gasteiger charge is 2.24. The molecule has 2 heterocycles. The standard InChI is InChI=1S/C20H18Cl3N3/c1-12-15(21)8-5-10-17(12)26-20-14(6-2-3-11-24-20)19(25-26)13-7-4-9-16(22)18(13)23/h4-5,7-10,24H,2-3,6,11H2,1H3. The first kappa shape index (κ1) is 17.7. The van der Waals surface area contributed by atoms with E-state index in [1.54, 1.807) is 6.07 Å². The predicted octanol–water partition coefficient (Wildman–Crippen LogP) is 6.56. The van der Waals surface area contributed by atoms with Gasteiger partial charge in [0, 0.05) is 22.7 Å². The first-order chi connectivity index (χ1) is 12.6. The Morgan fingerprint density at radius 2 is 1.77 bits per heavy atom. The fourth-order valence-corrected chi connectivity index (χ4v) is 3.96. The maximum Gasteiger partial charge on any atom is 0.133 e. The molecule has 1 aromatic heterocycles. The molecule has 0 saturated heterocycles. The highest BCUT2D eigenvalue weighted by atomic mass is 35.5. The summed E-state index contributed by atoms with van der Waals surface area (Å²) in [7, 11) is 0. The van der Waals surface area contributed by atoms with Crippen LogP contribution in [0.1, 0.15) is 24.0 Å². The number of hydrogen-bond donors (Lipinski definition) is 1. The van der Waals surface area contributed by atoms with Crippen molar-refractivity contribution in [3.8, 4) is 16.9 Å². The van der Waals surface area contributed by atoms with Crippen LogP contribution in [0.25, 0.3) is 16.9 Å². The van der Waals surface area contributed by atoms with Gasteiger partial charge in [0.1, 0.15) is 5.82 Å². The number of aromatic nitrogens is 2. The molecule has 3 nitrogen and oxygen atoms in total. The number of benzene rings is 2. The SMILES string of the molecule is Cc1c(Cl)cccc1-n1nc(-c2cccc(Cl)c2Cl)c2c1NCCCC2. The van der Waals surface area contributed by atoms with Gasteiger partial charge in [-0.3, -0.25) is 0 Å². The number of fused-ring (bicyclic) bond motifs is 1. The number of nitrogens with zero attached hydrogens (tertiary/aromatic N) is 2. The number of halogens is 3. The van der Waals surface area contributed by atoms with Crippen LogP contribution in [-0.2, 0) is 6.42 Å². The summed E-state index contributed by atoms with van der Waals surface area (Å²) >= 11 is 19.1. The lowest BCUT2D eigenvalue weighted by Crippen LogP contribution is -2.08.